The molecular weight excluding hydrogens is 278 g/mol. The van der Waals surface area contributed by atoms with Crippen LogP contribution in [-0.2, 0) is 20.8 Å². The van der Waals surface area contributed by atoms with Gasteiger partial charge in [-0.2, -0.15) is 0 Å². The molecule has 0 saturated heterocycles. The van der Waals surface area contributed by atoms with Gasteiger partial charge in [0.2, 0.25) is 17.7 Å². The van der Waals surface area contributed by atoms with Crippen LogP contribution in [0.1, 0.15) is 23.3 Å². The predicted molar refractivity (Wildman–Crippen MR) is 77.2 cm³/mol. The summed E-state index contributed by atoms with van der Waals surface area (Å²) in [6.07, 6.45) is 0.678. The molecule has 0 radical (unpaired) electrons. The molecule has 0 saturated carbocycles. The van der Waals surface area contributed by atoms with E-state index >= 15 is 0 Å². The number of hydrogen-bond acceptors (Lipinski definition) is 4. The number of hydrogen-bond donors (Lipinski definition) is 3. The number of thiophene rings is 1. The Bertz CT molecular complexity index is 499. The molecule has 1 aromatic rings. The van der Waals surface area contributed by atoms with Crippen molar-refractivity contribution in [3.8, 4) is 0 Å². The van der Waals surface area contributed by atoms with Crippen LogP contribution in [0.25, 0.3) is 0 Å². The maximum Gasteiger partial charge on any atom is 0.242 e. The van der Waals surface area contributed by atoms with E-state index in [4.69, 9.17) is 5.73 Å². The smallest absolute Gasteiger partial charge is 0.242 e. The number of aryl methyl sites for hydroxylation is 2. The Hall–Kier alpha value is -1.89. The fourth-order valence-electron chi connectivity index (χ4n) is 1.71. The molecule has 1 rings (SSSR count). The number of carbonyl (C=O) groups excluding carboxylic acids is 3. The molecule has 4 N–H and O–H groups in total. The fourth-order valence-corrected chi connectivity index (χ4v) is 2.59. The van der Waals surface area contributed by atoms with E-state index in [1.54, 1.807) is 11.3 Å². The third-order valence-electron chi connectivity index (χ3n) is 2.69. The summed E-state index contributed by atoms with van der Waals surface area (Å²) in [6.45, 7) is 1.99. The van der Waals surface area contributed by atoms with Crippen molar-refractivity contribution in [1.29, 1.82) is 0 Å². The molecular formula is C13H19N3O3S. The summed E-state index contributed by atoms with van der Waals surface area (Å²) in [7, 11) is 1.44. The maximum absolute atomic E-state index is 11.8. The summed E-state index contributed by atoms with van der Waals surface area (Å²) >= 11 is 1.60. The first-order valence-corrected chi connectivity index (χ1v) is 7.13. The van der Waals surface area contributed by atoms with Crippen molar-refractivity contribution < 1.29 is 14.4 Å². The van der Waals surface area contributed by atoms with Crippen molar-refractivity contribution in [3.05, 3.63) is 21.9 Å². The third-order valence-corrected chi connectivity index (χ3v) is 3.80. The lowest BCUT2D eigenvalue weighted by Gasteiger charge is -2.15. The summed E-state index contributed by atoms with van der Waals surface area (Å²) < 4.78 is 0. The highest BCUT2D eigenvalue weighted by atomic mass is 32.1. The van der Waals surface area contributed by atoms with Gasteiger partial charge < -0.3 is 16.4 Å². The van der Waals surface area contributed by atoms with Gasteiger partial charge in [-0.25, -0.2) is 0 Å². The van der Waals surface area contributed by atoms with E-state index in [1.165, 1.54) is 12.6 Å². The SMILES string of the molecule is CNC(=O)[C@H](CC(N)=O)NC(=O)CCc1cc(C)cs1. The molecule has 20 heavy (non-hydrogen) atoms. The van der Waals surface area contributed by atoms with Gasteiger partial charge in [0, 0.05) is 18.3 Å². The Kier molecular flexibility index (Phi) is 6.17. The van der Waals surface area contributed by atoms with Crippen LogP contribution in [-0.4, -0.2) is 30.8 Å². The first kappa shape index (κ1) is 16.2. The van der Waals surface area contributed by atoms with Gasteiger partial charge in [-0.15, -0.1) is 11.3 Å². The number of likely N-dealkylation sites (N-methyl/N-ethyl adjacent to an activating group) is 1. The first-order valence-electron chi connectivity index (χ1n) is 6.25. The molecule has 3 amide bonds. The number of nitrogens with two attached hydrogens (primary N) is 1. The van der Waals surface area contributed by atoms with Crippen LogP contribution in [0.15, 0.2) is 11.4 Å². The Labute approximate surface area is 121 Å². The first-order chi connectivity index (χ1) is 9.42. The molecule has 0 aliphatic rings. The van der Waals surface area contributed by atoms with E-state index in [2.05, 4.69) is 10.6 Å². The van der Waals surface area contributed by atoms with E-state index in [-0.39, 0.29) is 18.7 Å². The molecule has 7 heteroatoms. The minimum atomic E-state index is -0.907. The number of primary amides is 1. The summed E-state index contributed by atoms with van der Waals surface area (Å²) in [5.41, 5.74) is 6.23. The van der Waals surface area contributed by atoms with Crippen molar-refractivity contribution in [2.24, 2.45) is 5.73 Å². The van der Waals surface area contributed by atoms with Crippen LogP contribution in [0, 0.1) is 6.92 Å². The van der Waals surface area contributed by atoms with Gasteiger partial charge in [-0.1, -0.05) is 0 Å². The average Bonchev–Trinajstić information content (AvgIpc) is 2.80. The van der Waals surface area contributed by atoms with E-state index < -0.39 is 17.9 Å². The number of nitrogens with one attached hydrogen (secondary N) is 2. The van der Waals surface area contributed by atoms with Gasteiger partial charge in [0.1, 0.15) is 6.04 Å². The highest BCUT2D eigenvalue weighted by Crippen LogP contribution is 2.15. The van der Waals surface area contributed by atoms with Gasteiger partial charge in [0.15, 0.2) is 0 Å². The molecule has 0 unspecified atom stereocenters. The fraction of sp³-hybridized carbons (Fsp3) is 0.462. The zero-order valence-electron chi connectivity index (χ0n) is 11.6. The molecule has 0 bridgehead atoms. The van der Waals surface area contributed by atoms with E-state index in [1.807, 2.05) is 18.4 Å². The van der Waals surface area contributed by atoms with Crippen molar-refractivity contribution in [2.45, 2.75) is 32.2 Å². The number of amides is 3. The monoisotopic (exact) mass is 297 g/mol. The normalized spacial score (nSPS) is 11.7. The quantitative estimate of drug-likeness (QED) is 0.665. The van der Waals surface area contributed by atoms with Gasteiger partial charge in [0.25, 0.3) is 0 Å². The second kappa shape index (κ2) is 7.64. The van der Waals surface area contributed by atoms with Gasteiger partial charge in [0.05, 0.1) is 6.42 Å². The van der Waals surface area contributed by atoms with E-state index in [0.29, 0.717) is 6.42 Å². The number of rotatable bonds is 7. The molecule has 0 aromatic carbocycles. The topological polar surface area (TPSA) is 101 Å². The van der Waals surface area contributed by atoms with Crippen LogP contribution in [0.3, 0.4) is 0 Å². The largest absolute Gasteiger partial charge is 0.370 e. The van der Waals surface area contributed by atoms with Gasteiger partial charge >= 0.3 is 0 Å². The third kappa shape index (κ3) is 5.40. The summed E-state index contributed by atoms with van der Waals surface area (Å²) in [4.78, 5) is 35.3. The van der Waals surface area contributed by atoms with E-state index in [0.717, 1.165) is 4.88 Å². The average molecular weight is 297 g/mol. The van der Waals surface area contributed by atoms with Crippen molar-refractivity contribution in [2.75, 3.05) is 7.05 Å². The molecule has 1 atom stereocenters. The van der Waals surface area contributed by atoms with Crippen LogP contribution in [0.5, 0.6) is 0 Å². The lowest BCUT2D eigenvalue weighted by Crippen LogP contribution is -2.47. The van der Waals surface area contributed by atoms with Crippen LogP contribution in [0.4, 0.5) is 0 Å². The minimum Gasteiger partial charge on any atom is -0.370 e. The molecule has 1 aromatic heterocycles. The molecule has 6 nitrogen and oxygen atoms in total. The highest BCUT2D eigenvalue weighted by molar-refractivity contribution is 7.10. The molecule has 0 spiro atoms. The standard InChI is InChI=1S/C13H19N3O3S/c1-8-5-9(20-7-8)3-4-12(18)16-10(6-11(14)17)13(19)15-2/h5,7,10H,3-4,6H2,1-2H3,(H2,14,17)(H,15,19)(H,16,18)/t10-/m0/s1. The molecule has 110 valence electrons. The second-order valence-electron chi connectivity index (χ2n) is 4.50. The molecule has 0 aliphatic carbocycles. The van der Waals surface area contributed by atoms with Crippen LogP contribution in [0.2, 0.25) is 0 Å². The van der Waals surface area contributed by atoms with E-state index in [9.17, 15) is 14.4 Å². The van der Waals surface area contributed by atoms with Gasteiger partial charge in [-0.3, -0.25) is 14.4 Å². The van der Waals surface area contributed by atoms with Crippen LogP contribution >= 0.6 is 11.3 Å². The molecule has 0 aliphatic heterocycles. The Morgan fingerprint density at radius 3 is 2.60 bits per heavy atom. The molecule has 0 fully saturated rings. The summed E-state index contributed by atoms with van der Waals surface area (Å²) in [5.74, 6) is -1.33. The zero-order chi connectivity index (χ0) is 15.1. The second-order valence-corrected chi connectivity index (χ2v) is 5.49. The predicted octanol–water partition coefficient (Wildman–Crippen LogP) is 0.0953. The lowest BCUT2D eigenvalue weighted by molar-refractivity contribution is -0.130. The maximum atomic E-state index is 11.8. The Morgan fingerprint density at radius 1 is 1.40 bits per heavy atom. The molecule has 1 heterocycles. The zero-order valence-corrected chi connectivity index (χ0v) is 12.4. The lowest BCUT2D eigenvalue weighted by atomic mass is 10.1. The summed E-state index contributed by atoms with van der Waals surface area (Å²) in [6, 6.07) is 1.12. The highest BCUT2D eigenvalue weighted by Gasteiger charge is 2.21. The Morgan fingerprint density at radius 2 is 2.10 bits per heavy atom. The van der Waals surface area contributed by atoms with Crippen LogP contribution < -0.4 is 16.4 Å². The number of carbonyl (C=O) groups is 3. The van der Waals surface area contributed by atoms with Crippen molar-refractivity contribution >= 4 is 29.1 Å². The summed E-state index contributed by atoms with van der Waals surface area (Å²) in [5, 5.41) is 6.94. The van der Waals surface area contributed by atoms with Gasteiger partial charge in [-0.05, 0) is 30.4 Å². The van der Waals surface area contributed by atoms with Crippen molar-refractivity contribution in [3.63, 3.8) is 0 Å². The Balaban J connectivity index is 2.48. The van der Waals surface area contributed by atoms with Crippen molar-refractivity contribution in [1.82, 2.24) is 10.6 Å². The minimum absolute atomic E-state index is 0.205.